The molecule has 39 heavy (non-hydrogen) atoms. The fraction of sp³-hybridized carbons (Fsp3) is 0.515. The van der Waals surface area contributed by atoms with Crippen LogP contribution in [0.4, 0.5) is 0 Å². The van der Waals surface area contributed by atoms with E-state index in [1.165, 1.54) is 50.0 Å². The molecule has 6 nitrogen and oxygen atoms in total. The average molecular weight is 529 g/mol. The highest BCUT2D eigenvalue weighted by Crippen LogP contribution is 2.26. The molecule has 1 atom stereocenters. The zero-order valence-corrected chi connectivity index (χ0v) is 24.0. The standard InChI is InChI=1S/C33H44N4O2/c1-25-13-15-29(16-14-25)39-24-31-34-32-26(2)10-9-12-30(32)37(31)23-17-27(3)33(38)36-21-8-5-11-28(36)18-22-35-19-6-4-7-20-35/h9-10,12-16,18,27H,4-8,11,17,19-24H2,1-3H3/b28-18-. The van der Waals surface area contributed by atoms with E-state index in [0.717, 1.165) is 67.1 Å². The fourth-order valence-electron chi connectivity index (χ4n) is 5.88. The lowest BCUT2D eigenvalue weighted by Gasteiger charge is -2.33. The molecule has 2 aliphatic heterocycles. The number of allylic oxidation sites excluding steroid dienone is 1. The van der Waals surface area contributed by atoms with E-state index in [4.69, 9.17) is 9.72 Å². The van der Waals surface area contributed by atoms with E-state index in [9.17, 15) is 4.79 Å². The number of hydrogen-bond donors (Lipinski definition) is 0. The molecule has 3 heterocycles. The van der Waals surface area contributed by atoms with Gasteiger partial charge in [-0.05, 0) is 89.2 Å². The molecule has 0 aliphatic carbocycles. The van der Waals surface area contributed by atoms with Crippen LogP contribution in [-0.4, -0.2) is 51.4 Å². The second-order valence-electron chi connectivity index (χ2n) is 11.4. The van der Waals surface area contributed by atoms with E-state index in [0.29, 0.717) is 6.61 Å². The van der Waals surface area contributed by atoms with Crippen LogP contribution in [0.2, 0.25) is 0 Å². The summed E-state index contributed by atoms with van der Waals surface area (Å²) in [4.78, 5) is 23.3. The molecule has 2 saturated heterocycles. The molecule has 208 valence electrons. The number of benzene rings is 2. The highest BCUT2D eigenvalue weighted by atomic mass is 16.5. The SMILES string of the molecule is Cc1ccc(OCc2nc3c(C)cccc3n2CCC(C)C(=O)N2CCCC/C2=C/CN2CCCCC2)cc1. The monoisotopic (exact) mass is 528 g/mol. The Balaban J connectivity index is 1.27. The maximum atomic E-state index is 13.7. The zero-order chi connectivity index (χ0) is 27.2. The molecule has 1 amide bonds. The molecule has 0 bridgehead atoms. The summed E-state index contributed by atoms with van der Waals surface area (Å²) in [6.45, 7) is 11.6. The number of carbonyl (C=O) groups excluding carboxylic acids is 1. The van der Waals surface area contributed by atoms with Gasteiger partial charge in [-0.2, -0.15) is 0 Å². The summed E-state index contributed by atoms with van der Waals surface area (Å²) in [5, 5.41) is 0. The Morgan fingerprint density at radius 2 is 1.77 bits per heavy atom. The summed E-state index contributed by atoms with van der Waals surface area (Å²) in [5.41, 5.74) is 5.72. The van der Waals surface area contributed by atoms with Gasteiger partial charge in [-0.15, -0.1) is 0 Å². The average Bonchev–Trinajstić information content (AvgIpc) is 3.33. The number of rotatable bonds is 9. The van der Waals surface area contributed by atoms with Crippen molar-refractivity contribution in [2.75, 3.05) is 26.2 Å². The van der Waals surface area contributed by atoms with Gasteiger partial charge in [-0.25, -0.2) is 4.98 Å². The van der Waals surface area contributed by atoms with Crippen LogP contribution in [-0.2, 0) is 17.9 Å². The number of aryl methyl sites for hydroxylation is 3. The van der Waals surface area contributed by atoms with Gasteiger partial charge >= 0.3 is 0 Å². The third kappa shape index (κ3) is 6.73. The van der Waals surface area contributed by atoms with Gasteiger partial charge in [0.15, 0.2) is 0 Å². The molecular formula is C33H44N4O2. The molecule has 2 fully saturated rings. The number of para-hydroxylation sites is 1. The molecular weight excluding hydrogens is 484 g/mol. The van der Waals surface area contributed by atoms with Crippen LogP contribution < -0.4 is 4.74 Å². The molecule has 2 aliphatic rings. The van der Waals surface area contributed by atoms with Crippen molar-refractivity contribution in [3.63, 3.8) is 0 Å². The molecule has 2 aromatic carbocycles. The Bertz CT molecular complexity index is 1290. The lowest BCUT2D eigenvalue weighted by molar-refractivity contribution is -0.134. The molecule has 0 spiro atoms. The lowest BCUT2D eigenvalue weighted by Crippen LogP contribution is -2.38. The van der Waals surface area contributed by atoms with Crippen LogP contribution in [0, 0.1) is 19.8 Å². The number of amides is 1. The smallest absolute Gasteiger partial charge is 0.229 e. The quantitative estimate of drug-likeness (QED) is 0.312. The van der Waals surface area contributed by atoms with Gasteiger partial charge in [-0.1, -0.05) is 49.2 Å². The summed E-state index contributed by atoms with van der Waals surface area (Å²) >= 11 is 0. The number of piperidine rings is 2. The van der Waals surface area contributed by atoms with E-state index in [1.54, 1.807) is 0 Å². The first-order valence-corrected chi connectivity index (χ1v) is 14.9. The van der Waals surface area contributed by atoms with E-state index in [2.05, 4.69) is 71.5 Å². The number of likely N-dealkylation sites (tertiary alicyclic amines) is 2. The molecule has 1 unspecified atom stereocenters. The van der Waals surface area contributed by atoms with Gasteiger partial charge in [0, 0.05) is 31.2 Å². The Hall–Kier alpha value is -3.12. The highest BCUT2D eigenvalue weighted by molar-refractivity contribution is 5.81. The number of carbonyl (C=O) groups is 1. The fourth-order valence-corrected chi connectivity index (χ4v) is 5.88. The zero-order valence-electron chi connectivity index (χ0n) is 24.0. The van der Waals surface area contributed by atoms with Crippen molar-refractivity contribution in [3.8, 4) is 5.75 Å². The Morgan fingerprint density at radius 1 is 1.00 bits per heavy atom. The van der Waals surface area contributed by atoms with E-state index < -0.39 is 0 Å². The van der Waals surface area contributed by atoms with Crippen molar-refractivity contribution in [2.24, 2.45) is 5.92 Å². The molecule has 1 aromatic heterocycles. The van der Waals surface area contributed by atoms with Crippen molar-refractivity contribution in [1.29, 1.82) is 0 Å². The van der Waals surface area contributed by atoms with E-state index in [-0.39, 0.29) is 11.8 Å². The van der Waals surface area contributed by atoms with E-state index in [1.807, 2.05) is 12.1 Å². The van der Waals surface area contributed by atoms with Crippen LogP contribution in [0.15, 0.2) is 54.2 Å². The van der Waals surface area contributed by atoms with Crippen LogP contribution in [0.3, 0.4) is 0 Å². The third-order valence-corrected chi connectivity index (χ3v) is 8.37. The second kappa shape index (κ2) is 12.8. The number of hydrogen-bond acceptors (Lipinski definition) is 4. The summed E-state index contributed by atoms with van der Waals surface area (Å²) in [7, 11) is 0. The molecule has 0 radical (unpaired) electrons. The van der Waals surface area contributed by atoms with Crippen LogP contribution >= 0.6 is 0 Å². The molecule has 0 saturated carbocycles. The minimum atomic E-state index is -0.0605. The Kier molecular flexibility index (Phi) is 9.02. The second-order valence-corrected chi connectivity index (χ2v) is 11.4. The number of nitrogens with zero attached hydrogens (tertiary/aromatic N) is 4. The van der Waals surface area contributed by atoms with Gasteiger partial charge < -0.3 is 14.2 Å². The predicted molar refractivity (Wildman–Crippen MR) is 158 cm³/mol. The van der Waals surface area contributed by atoms with Crippen molar-refractivity contribution in [3.05, 3.63) is 71.2 Å². The number of fused-ring (bicyclic) bond motifs is 1. The summed E-state index contributed by atoms with van der Waals surface area (Å²) in [6, 6.07) is 14.4. The third-order valence-electron chi connectivity index (χ3n) is 8.37. The maximum Gasteiger partial charge on any atom is 0.229 e. The molecule has 6 heteroatoms. The van der Waals surface area contributed by atoms with Crippen LogP contribution in [0.5, 0.6) is 5.75 Å². The number of ether oxygens (including phenoxy) is 1. The number of aromatic nitrogens is 2. The van der Waals surface area contributed by atoms with Gasteiger partial charge in [-0.3, -0.25) is 9.69 Å². The lowest BCUT2D eigenvalue weighted by atomic mass is 10.0. The topological polar surface area (TPSA) is 50.6 Å². The van der Waals surface area contributed by atoms with Crippen molar-refractivity contribution >= 4 is 16.9 Å². The van der Waals surface area contributed by atoms with Crippen molar-refractivity contribution < 1.29 is 9.53 Å². The van der Waals surface area contributed by atoms with Crippen LogP contribution in [0.25, 0.3) is 11.0 Å². The van der Waals surface area contributed by atoms with Crippen molar-refractivity contribution in [1.82, 2.24) is 19.4 Å². The summed E-state index contributed by atoms with van der Waals surface area (Å²) in [6.07, 6.45) is 10.3. The van der Waals surface area contributed by atoms with E-state index >= 15 is 0 Å². The largest absolute Gasteiger partial charge is 0.486 e. The molecule has 0 N–H and O–H groups in total. The molecule has 3 aromatic rings. The first kappa shape index (κ1) is 27.4. The van der Waals surface area contributed by atoms with Gasteiger partial charge in [0.25, 0.3) is 0 Å². The first-order chi connectivity index (χ1) is 19.0. The normalized spacial score (nSPS) is 18.5. The minimum absolute atomic E-state index is 0.0605. The summed E-state index contributed by atoms with van der Waals surface area (Å²) < 4.78 is 8.38. The van der Waals surface area contributed by atoms with Crippen LogP contribution in [0.1, 0.15) is 68.8 Å². The predicted octanol–water partition coefficient (Wildman–Crippen LogP) is 6.64. The Labute approximate surface area is 233 Å². The highest BCUT2D eigenvalue weighted by Gasteiger charge is 2.26. The maximum absolute atomic E-state index is 13.7. The van der Waals surface area contributed by atoms with Gasteiger partial charge in [0.2, 0.25) is 5.91 Å². The van der Waals surface area contributed by atoms with Gasteiger partial charge in [0.1, 0.15) is 18.2 Å². The van der Waals surface area contributed by atoms with Gasteiger partial charge in [0.05, 0.1) is 11.0 Å². The van der Waals surface area contributed by atoms with Crippen molar-refractivity contribution in [2.45, 2.75) is 78.9 Å². The minimum Gasteiger partial charge on any atom is -0.486 e. The first-order valence-electron chi connectivity index (χ1n) is 14.9. The Morgan fingerprint density at radius 3 is 2.56 bits per heavy atom. The molecule has 5 rings (SSSR count). The number of imidazole rings is 1. The summed E-state index contributed by atoms with van der Waals surface area (Å²) in [5.74, 6) is 1.94.